The van der Waals surface area contributed by atoms with E-state index in [1.807, 2.05) is 48.3 Å². The Bertz CT molecular complexity index is 1120. The lowest BCUT2D eigenvalue weighted by molar-refractivity contribution is 0.0659. The maximum atomic E-state index is 13.0. The standard InChI is InChI=1S/C26H29N3O3S.ClH/c1-17-12-13-29(16-21(17)27-2)25(30)24-15-28-26(33-24)31-20-9-11-23-19(14-20)8-10-22(32-23)18-6-4-3-5-7-18;/h3-7,9,11,14-15,17,21-22,27H,8,10,12-13,16H2,1-2H3;1H/t17-,21+,22?;/m1./s1. The van der Waals surface area contributed by atoms with Crippen LogP contribution >= 0.6 is 23.7 Å². The van der Waals surface area contributed by atoms with Crippen LogP contribution in [-0.2, 0) is 6.42 Å². The molecule has 6 nitrogen and oxygen atoms in total. The number of carbonyl (C=O) groups excluding carboxylic acids is 1. The number of amides is 1. The number of hydrogen-bond acceptors (Lipinski definition) is 6. The molecular formula is C26H30ClN3O3S. The highest BCUT2D eigenvalue weighted by atomic mass is 35.5. The van der Waals surface area contributed by atoms with Crippen LogP contribution in [0.4, 0.5) is 0 Å². The number of fused-ring (bicyclic) bond motifs is 1. The number of aryl methyl sites for hydroxylation is 1. The number of likely N-dealkylation sites (N-methyl/N-ethyl adjacent to an activating group) is 1. The summed E-state index contributed by atoms with van der Waals surface area (Å²) in [4.78, 5) is 19.8. The predicted octanol–water partition coefficient (Wildman–Crippen LogP) is 5.49. The molecule has 0 aliphatic carbocycles. The molecule has 1 saturated heterocycles. The highest BCUT2D eigenvalue weighted by molar-refractivity contribution is 7.15. The van der Waals surface area contributed by atoms with E-state index in [-0.39, 0.29) is 24.4 Å². The third kappa shape index (κ3) is 5.22. The first-order chi connectivity index (χ1) is 16.1. The summed E-state index contributed by atoms with van der Waals surface area (Å²) in [6.45, 7) is 3.73. The average Bonchev–Trinajstić information content (AvgIpc) is 3.32. The van der Waals surface area contributed by atoms with Gasteiger partial charge in [-0.15, -0.1) is 12.4 Å². The molecular weight excluding hydrogens is 470 g/mol. The van der Waals surface area contributed by atoms with Crippen molar-refractivity contribution in [3.05, 3.63) is 70.7 Å². The lowest BCUT2D eigenvalue weighted by Gasteiger charge is -2.36. The molecule has 1 aromatic heterocycles. The third-order valence-electron chi connectivity index (χ3n) is 6.67. The average molecular weight is 500 g/mol. The summed E-state index contributed by atoms with van der Waals surface area (Å²) in [5, 5.41) is 3.80. The van der Waals surface area contributed by atoms with Gasteiger partial charge < -0.3 is 19.7 Å². The molecule has 5 rings (SSSR count). The lowest BCUT2D eigenvalue weighted by Crippen LogP contribution is -2.50. The molecule has 1 unspecified atom stereocenters. The van der Waals surface area contributed by atoms with Crippen LogP contribution in [0.25, 0.3) is 0 Å². The van der Waals surface area contributed by atoms with E-state index < -0.39 is 0 Å². The van der Waals surface area contributed by atoms with Gasteiger partial charge in [-0.05, 0) is 61.6 Å². The van der Waals surface area contributed by atoms with E-state index in [0.29, 0.717) is 27.8 Å². The van der Waals surface area contributed by atoms with E-state index in [0.717, 1.165) is 43.7 Å². The Hall–Kier alpha value is -2.61. The van der Waals surface area contributed by atoms with Gasteiger partial charge in [0.2, 0.25) is 0 Å². The number of ether oxygens (including phenoxy) is 2. The van der Waals surface area contributed by atoms with Gasteiger partial charge in [-0.3, -0.25) is 4.79 Å². The summed E-state index contributed by atoms with van der Waals surface area (Å²) in [5.74, 6) is 2.21. The quantitative estimate of drug-likeness (QED) is 0.502. The van der Waals surface area contributed by atoms with Gasteiger partial charge in [-0.1, -0.05) is 48.6 Å². The van der Waals surface area contributed by atoms with E-state index in [2.05, 4.69) is 29.4 Å². The molecule has 3 atom stereocenters. The molecule has 34 heavy (non-hydrogen) atoms. The zero-order chi connectivity index (χ0) is 22.8. The number of halogens is 1. The molecule has 1 N–H and O–H groups in total. The minimum Gasteiger partial charge on any atom is -0.485 e. The van der Waals surface area contributed by atoms with Gasteiger partial charge in [-0.25, -0.2) is 4.98 Å². The summed E-state index contributed by atoms with van der Waals surface area (Å²) in [6.07, 6.45) is 4.56. The van der Waals surface area contributed by atoms with Crippen LogP contribution in [0.2, 0.25) is 0 Å². The monoisotopic (exact) mass is 499 g/mol. The molecule has 0 radical (unpaired) electrons. The zero-order valence-electron chi connectivity index (χ0n) is 19.4. The van der Waals surface area contributed by atoms with Gasteiger partial charge >= 0.3 is 0 Å². The molecule has 0 bridgehead atoms. The maximum Gasteiger partial charge on any atom is 0.279 e. The van der Waals surface area contributed by atoms with Crippen molar-refractivity contribution in [1.82, 2.24) is 15.2 Å². The van der Waals surface area contributed by atoms with Crippen molar-refractivity contribution in [2.45, 2.75) is 38.3 Å². The highest BCUT2D eigenvalue weighted by Gasteiger charge is 2.29. The molecule has 2 aliphatic rings. The van der Waals surface area contributed by atoms with E-state index in [1.54, 1.807) is 6.20 Å². The van der Waals surface area contributed by atoms with Crippen LogP contribution in [-0.4, -0.2) is 42.0 Å². The van der Waals surface area contributed by atoms with Gasteiger partial charge in [0.05, 0.1) is 6.20 Å². The number of likely N-dealkylation sites (tertiary alicyclic amines) is 1. The van der Waals surface area contributed by atoms with Crippen LogP contribution in [0.1, 0.15) is 46.7 Å². The van der Waals surface area contributed by atoms with Crippen LogP contribution in [0.15, 0.2) is 54.7 Å². The van der Waals surface area contributed by atoms with Crippen molar-refractivity contribution in [2.24, 2.45) is 5.92 Å². The Morgan fingerprint density at radius 3 is 2.82 bits per heavy atom. The number of hydrogen-bond donors (Lipinski definition) is 1. The second kappa shape index (κ2) is 10.8. The molecule has 3 heterocycles. The van der Waals surface area contributed by atoms with E-state index >= 15 is 0 Å². The molecule has 0 spiro atoms. The van der Waals surface area contributed by atoms with Gasteiger partial charge in [0, 0.05) is 19.1 Å². The Kier molecular flexibility index (Phi) is 7.76. The third-order valence-corrected chi connectivity index (χ3v) is 7.53. The first-order valence-corrected chi connectivity index (χ1v) is 12.4. The van der Waals surface area contributed by atoms with Crippen molar-refractivity contribution in [1.29, 1.82) is 0 Å². The number of benzene rings is 2. The first-order valence-electron chi connectivity index (χ1n) is 11.6. The van der Waals surface area contributed by atoms with Crippen molar-refractivity contribution in [3.63, 3.8) is 0 Å². The Labute approximate surface area is 210 Å². The lowest BCUT2D eigenvalue weighted by atomic mass is 9.93. The van der Waals surface area contributed by atoms with Crippen LogP contribution in [0.5, 0.6) is 16.7 Å². The number of rotatable bonds is 5. The van der Waals surface area contributed by atoms with Crippen molar-refractivity contribution in [3.8, 4) is 16.7 Å². The smallest absolute Gasteiger partial charge is 0.279 e. The fraction of sp³-hybridized carbons (Fsp3) is 0.385. The fourth-order valence-electron chi connectivity index (χ4n) is 4.62. The van der Waals surface area contributed by atoms with Gasteiger partial charge in [0.1, 0.15) is 22.5 Å². The minimum absolute atomic E-state index is 0. The predicted molar refractivity (Wildman–Crippen MR) is 137 cm³/mol. The largest absolute Gasteiger partial charge is 0.485 e. The Morgan fingerprint density at radius 2 is 2.03 bits per heavy atom. The minimum atomic E-state index is 0. The van der Waals surface area contributed by atoms with E-state index in [1.165, 1.54) is 16.9 Å². The number of thiazole rings is 1. The van der Waals surface area contributed by atoms with Gasteiger partial charge in [0.15, 0.2) is 0 Å². The maximum absolute atomic E-state index is 13.0. The number of piperidine rings is 1. The van der Waals surface area contributed by atoms with Crippen LogP contribution in [0.3, 0.4) is 0 Å². The van der Waals surface area contributed by atoms with Crippen molar-refractivity contribution >= 4 is 29.7 Å². The second-order valence-electron chi connectivity index (χ2n) is 8.83. The number of nitrogens with one attached hydrogen (secondary N) is 1. The summed E-state index contributed by atoms with van der Waals surface area (Å²) >= 11 is 1.30. The topological polar surface area (TPSA) is 63.7 Å². The summed E-state index contributed by atoms with van der Waals surface area (Å²) in [6, 6.07) is 16.5. The molecule has 3 aromatic rings. The summed E-state index contributed by atoms with van der Waals surface area (Å²) in [7, 11) is 1.96. The Morgan fingerprint density at radius 1 is 1.21 bits per heavy atom. The molecule has 1 fully saturated rings. The van der Waals surface area contributed by atoms with Crippen LogP contribution < -0.4 is 14.8 Å². The molecule has 180 valence electrons. The molecule has 0 saturated carbocycles. The van der Waals surface area contributed by atoms with E-state index in [9.17, 15) is 4.79 Å². The number of nitrogens with zero attached hydrogens (tertiary/aromatic N) is 2. The fourth-order valence-corrected chi connectivity index (χ4v) is 5.37. The summed E-state index contributed by atoms with van der Waals surface area (Å²) < 4.78 is 12.2. The van der Waals surface area contributed by atoms with E-state index in [4.69, 9.17) is 9.47 Å². The normalized spacial score (nSPS) is 21.7. The van der Waals surface area contributed by atoms with Gasteiger partial charge in [0.25, 0.3) is 11.1 Å². The first kappa shape index (κ1) is 24.5. The number of carbonyl (C=O) groups is 1. The SMILES string of the molecule is CN[C@H]1CN(C(=O)c2cnc(Oc3ccc4c(c3)CCC(c3ccccc3)O4)s2)CC[C@H]1C.Cl. The molecule has 1 amide bonds. The van der Waals surface area contributed by atoms with Gasteiger partial charge in [-0.2, -0.15) is 0 Å². The number of aromatic nitrogens is 1. The van der Waals surface area contributed by atoms with Crippen LogP contribution in [0, 0.1) is 5.92 Å². The summed E-state index contributed by atoms with van der Waals surface area (Å²) in [5.41, 5.74) is 2.33. The zero-order valence-corrected chi connectivity index (χ0v) is 21.0. The van der Waals surface area contributed by atoms with Crippen molar-refractivity contribution < 1.29 is 14.3 Å². The van der Waals surface area contributed by atoms with Crippen molar-refractivity contribution in [2.75, 3.05) is 20.1 Å². The molecule has 2 aliphatic heterocycles. The highest BCUT2D eigenvalue weighted by Crippen LogP contribution is 2.38. The Balaban J connectivity index is 0.00000274. The second-order valence-corrected chi connectivity index (χ2v) is 9.82. The molecule has 2 aromatic carbocycles. The molecule has 8 heteroatoms.